The Balaban J connectivity index is 2.44. The second-order valence-electron chi connectivity index (χ2n) is 5.61. The van der Waals surface area contributed by atoms with E-state index in [1.807, 2.05) is 26.0 Å². The van der Waals surface area contributed by atoms with Gasteiger partial charge in [0.2, 0.25) is 5.88 Å². The Labute approximate surface area is 122 Å². The minimum Gasteiger partial charge on any atom is -0.473 e. The topological polar surface area (TPSA) is 63.4 Å². The molecule has 20 heavy (non-hydrogen) atoms. The van der Waals surface area contributed by atoms with Gasteiger partial charge in [-0.1, -0.05) is 0 Å². The summed E-state index contributed by atoms with van der Waals surface area (Å²) >= 11 is 0. The summed E-state index contributed by atoms with van der Waals surface area (Å²) in [6.07, 6.45) is 1.14. The van der Waals surface area contributed by atoms with Crippen LogP contribution in [0.15, 0.2) is 12.1 Å². The highest BCUT2D eigenvalue weighted by Gasteiger charge is 2.06. The number of hydrogen-bond donors (Lipinski definition) is 2. The first kappa shape index (κ1) is 16.6. The lowest BCUT2D eigenvalue weighted by molar-refractivity contribution is 0.234. The molecule has 5 heteroatoms. The van der Waals surface area contributed by atoms with Crippen LogP contribution in [0.2, 0.25) is 0 Å². The fraction of sp³-hybridized carbons (Fsp3) is 0.667. The maximum absolute atomic E-state index is 5.84. The number of aromatic nitrogens is 1. The molecule has 0 spiro atoms. The molecule has 0 fully saturated rings. The van der Waals surface area contributed by atoms with Gasteiger partial charge in [0, 0.05) is 12.6 Å². The molecule has 0 aliphatic rings. The Morgan fingerprint density at radius 3 is 2.60 bits per heavy atom. The van der Waals surface area contributed by atoms with Crippen molar-refractivity contribution in [2.45, 2.75) is 46.3 Å². The Hall–Kier alpha value is -1.49. The predicted octanol–water partition coefficient (Wildman–Crippen LogP) is 2.59. The molecule has 0 aliphatic carbocycles. The van der Waals surface area contributed by atoms with Crippen molar-refractivity contribution in [1.82, 2.24) is 9.88 Å². The molecule has 0 saturated carbocycles. The van der Waals surface area contributed by atoms with E-state index in [1.165, 1.54) is 0 Å². The molecule has 0 aliphatic heterocycles. The van der Waals surface area contributed by atoms with E-state index in [-0.39, 0.29) is 6.10 Å². The van der Waals surface area contributed by atoms with Crippen molar-refractivity contribution in [2.24, 2.45) is 0 Å². The minimum atomic E-state index is 0.0692. The van der Waals surface area contributed by atoms with Gasteiger partial charge in [0.15, 0.2) is 0 Å². The number of nitrogens with one attached hydrogen (secondary N) is 1. The predicted molar refractivity (Wildman–Crippen MR) is 85.3 cm³/mol. The first-order valence-corrected chi connectivity index (χ1v) is 7.27. The summed E-state index contributed by atoms with van der Waals surface area (Å²) < 4.78 is 5.58. The lowest BCUT2D eigenvalue weighted by atomic mass is 10.3. The van der Waals surface area contributed by atoms with Crippen molar-refractivity contribution in [1.29, 1.82) is 0 Å². The SMILES string of the molecule is CC(C)Oc1nc(NCCCN(C)C(C)C)ccc1N. The second kappa shape index (κ2) is 7.94. The summed E-state index contributed by atoms with van der Waals surface area (Å²) in [4.78, 5) is 6.72. The van der Waals surface area contributed by atoms with E-state index in [0.29, 0.717) is 17.6 Å². The fourth-order valence-corrected chi connectivity index (χ4v) is 1.67. The molecule has 0 amide bonds. The third-order valence-electron chi connectivity index (χ3n) is 3.11. The summed E-state index contributed by atoms with van der Waals surface area (Å²) in [7, 11) is 2.14. The summed E-state index contributed by atoms with van der Waals surface area (Å²) in [6.45, 7) is 10.3. The van der Waals surface area contributed by atoms with Gasteiger partial charge in [-0.25, -0.2) is 0 Å². The molecule has 1 heterocycles. The zero-order chi connectivity index (χ0) is 15.1. The molecule has 5 nitrogen and oxygen atoms in total. The van der Waals surface area contributed by atoms with Crippen LogP contribution in [0.3, 0.4) is 0 Å². The van der Waals surface area contributed by atoms with Crippen molar-refractivity contribution >= 4 is 11.5 Å². The van der Waals surface area contributed by atoms with E-state index >= 15 is 0 Å². The van der Waals surface area contributed by atoms with Crippen molar-refractivity contribution in [3.63, 3.8) is 0 Å². The highest BCUT2D eigenvalue weighted by atomic mass is 16.5. The highest BCUT2D eigenvalue weighted by Crippen LogP contribution is 2.21. The van der Waals surface area contributed by atoms with Crippen LogP contribution in [0.5, 0.6) is 5.88 Å². The quantitative estimate of drug-likeness (QED) is 0.717. The Bertz CT molecular complexity index is 407. The first-order chi connectivity index (χ1) is 9.40. The molecule has 3 N–H and O–H groups in total. The van der Waals surface area contributed by atoms with Gasteiger partial charge in [-0.3, -0.25) is 0 Å². The molecule has 0 bridgehead atoms. The van der Waals surface area contributed by atoms with E-state index in [9.17, 15) is 0 Å². The zero-order valence-electron chi connectivity index (χ0n) is 13.3. The van der Waals surface area contributed by atoms with Crippen LogP contribution in [0.1, 0.15) is 34.1 Å². The average molecular weight is 280 g/mol. The molecule has 114 valence electrons. The number of anilines is 2. The van der Waals surface area contributed by atoms with Crippen LogP contribution in [0, 0.1) is 0 Å². The maximum atomic E-state index is 5.84. The van der Waals surface area contributed by atoms with Crippen molar-refractivity contribution in [3.8, 4) is 5.88 Å². The molecule has 0 atom stereocenters. The van der Waals surface area contributed by atoms with Crippen molar-refractivity contribution in [2.75, 3.05) is 31.2 Å². The summed E-state index contributed by atoms with van der Waals surface area (Å²) in [6, 6.07) is 4.29. The van der Waals surface area contributed by atoms with E-state index in [2.05, 4.69) is 36.1 Å². The monoisotopic (exact) mass is 280 g/mol. The number of nitrogen functional groups attached to an aromatic ring is 1. The molecule has 1 rings (SSSR count). The van der Waals surface area contributed by atoms with E-state index < -0.39 is 0 Å². The van der Waals surface area contributed by atoms with E-state index in [1.54, 1.807) is 0 Å². The normalized spacial score (nSPS) is 11.4. The summed E-state index contributed by atoms with van der Waals surface area (Å²) in [5.74, 6) is 1.31. The average Bonchev–Trinajstić information content (AvgIpc) is 2.37. The van der Waals surface area contributed by atoms with E-state index in [0.717, 1.165) is 25.3 Å². The molecular weight excluding hydrogens is 252 g/mol. The Kier molecular flexibility index (Phi) is 6.58. The standard InChI is InChI=1S/C15H28N4O/c1-11(2)19(5)10-6-9-17-14-8-7-13(16)15(18-14)20-12(3)4/h7-8,11-12H,6,9-10,16H2,1-5H3,(H,17,18). The number of nitrogens with two attached hydrogens (primary N) is 1. The van der Waals surface area contributed by atoms with Gasteiger partial charge in [0.05, 0.1) is 11.8 Å². The Morgan fingerprint density at radius 1 is 1.30 bits per heavy atom. The lowest BCUT2D eigenvalue weighted by Gasteiger charge is -2.20. The maximum Gasteiger partial charge on any atom is 0.239 e. The fourth-order valence-electron chi connectivity index (χ4n) is 1.67. The van der Waals surface area contributed by atoms with Gasteiger partial charge >= 0.3 is 0 Å². The number of hydrogen-bond acceptors (Lipinski definition) is 5. The lowest BCUT2D eigenvalue weighted by Crippen LogP contribution is -2.28. The largest absolute Gasteiger partial charge is 0.473 e. The smallest absolute Gasteiger partial charge is 0.239 e. The minimum absolute atomic E-state index is 0.0692. The second-order valence-corrected chi connectivity index (χ2v) is 5.61. The number of nitrogens with zero attached hydrogens (tertiary/aromatic N) is 2. The molecule has 0 unspecified atom stereocenters. The third-order valence-corrected chi connectivity index (χ3v) is 3.11. The van der Waals surface area contributed by atoms with E-state index in [4.69, 9.17) is 10.5 Å². The van der Waals surface area contributed by atoms with Gasteiger partial charge in [0.25, 0.3) is 0 Å². The summed E-state index contributed by atoms with van der Waals surface area (Å²) in [5.41, 5.74) is 6.42. The van der Waals surface area contributed by atoms with Crippen LogP contribution in [0.4, 0.5) is 11.5 Å². The van der Waals surface area contributed by atoms with Gasteiger partial charge in [-0.05, 0) is 59.8 Å². The van der Waals surface area contributed by atoms with Gasteiger partial charge in [-0.15, -0.1) is 0 Å². The number of ether oxygens (including phenoxy) is 1. The molecular formula is C15H28N4O. The Morgan fingerprint density at radius 2 is 2.00 bits per heavy atom. The molecule has 1 aromatic heterocycles. The molecule has 1 aromatic rings. The highest BCUT2D eigenvalue weighted by molar-refractivity contribution is 5.53. The molecule has 0 aromatic carbocycles. The number of rotatable bonds is 8. The van der Waals surface area contributed by atoms with Gasteiger partial charge < -0.3 is 20.7 Å². The zero-order valence-corrected chi connectivity index (χ0v) is 13.3. The van der Waals surface area contributed by atoms with Crippen LogP contribution in [0.25, 0.3) is 0 Å². The van der Waals surface area contributed by atoms with Gasteiger partial charge in [-0.2, -0.15) is 4.98 Å². The van der Waals surface area contributed by atoms with Crippen LogP contribution in [-0.2, 0) is 0 Å². The molecule has 0 saturated heterocycles. The molecule has 0 radical (unpaired) electrons. The van der Waals surface area contributed by atoms with Crippen LogP contribution >= 0.6 is 0 Å². The van der Waals surface area contributed by atoms with Gasteiger partial charge in [0.1, 0.15) is 5.82 Å². The van der Waals surface area contributed by atoms with Crippen LogP contribution in [-0.4, -0.2) is 42.2 Å². The van der Waals surface area contributed by atoms with Crippen molar-refractivity contribution < 1.29 is 4.74 Å². The van der Waals surface area contributed by atoms with Crippen LogP contribution < -0.4 is 15.8 Å². The van der Waals surface area contributed by atoms with Crippen molar-refractivity contribution in [3.05, 3.63) is 12.1 Å². The summed E-state index contributed by atoms with van der Waals surface area (Å²) in [5, 5.41) is 3.31. The third kappa shape index (κ3) is 5.65. The first-order valence-electron chi connectivity index (χ1n) is 7.27. The number of pyridine rings is 1.